The van der Waals surface area contributed by atoms with Gasteiger partial charge in [-0.05, 0) is 38.1 Å². The summed E-state index contributed by atoms with van der Waals surface area (Å²) in [6.07, 6.45) is 1.49. The largest absolute Gasteiger partial charge is 0.382 e. The molecule has 0 atom stereocenters. The van der Waals surface area contributed by atoms with Crippen molar-refractivity contribution in [1.29, 1.82) is 0 Å². The average Bonchev–Trinajstić information content (AvgIpc) is 3.34. The molecule has 6 N–H and O–H groups in total. The summed E-state index contributed by atoms with van der Waals surface area (Å²) >= 11 is 0. The first kappa shape index (κ1) is 24.5. The smallest absolute Gasteiger partial charge is 0.280 e. The highest BCUT2D eigenvalue weighted by Crippen LogP contribution is 2.30. The van der Waals surface area contributed by atoms with Crippen LogP contribution in [-0.2, 0) is 9.84 Å². The van der Waals surface area contributed by atoms with Crippen molar-refractivity contribution in [2.24, 2.45) is 16.5 Å². The lowest BCUT2D eigenvalue weighted by molar-refractivity contribution is 0.100. The number of aromatic nitrogens is 3. The third kappa shape index (κ3) is 4.93. The van der Waals surface area contributed by atoms with Crippen molar-refractivity contribution in [2.75, 3.05) is 5.73 Å². The normalized spacial score (nSPS) is 11.4. The number of hydrogen-bond acceptors (Lipinski definition) is 8. The van der Waals surface area contributed by atoms with Gasteiger partial charge in [0.2, 0.25) is 0 Å². The average molecular weight is 506 g/mol. The van der Waals surface area contributed by atoms with E-state index in [1.807, 2.05) is 0 Å². The zero-order valence-corrected chi connectivity index (χ0v) is 20.2. The van der Waals surface area contributed by atoms with Crippen molar-refractivity contribution in [3.63, 3.8) is 0 Å². The molecule has 12 heteroatoms. The van der Waals surface area contributed by atoms with Gasteiger partial charge in [0.15, 0.2) is 33.1 Å². The predicted octanol–water partition coefficient (Wildman–Crippen LogP) is 2.64. The van der Waals surface area contributed by atoms with Gasteiger partial charge in [0.25, 0.3) is 5.91 Å². The fraction of sp³-hybridized carbons (Fsp3) is 0.125. The number of amides is 1. The van der Waals surface area contributed by atoms with Gasteiger partial charge in [-0.15, -0.1) is 0 Å². The zero-order valence-electron chi connectivity index (χ0n) is 19.4. The van der Waals surface area contributed by atoms with E-state index >= 15 is 0 Å². The van der Waals surface area contributed by atoms with E-state index in [-0.39, 0.29) is 28.1 Å². The fourth-order valence-corrected chi connectivity index (χ4v) is 4.35. The lowest BCUT2D eigenvalue weighted by atomic mass is 10.1. The van der Waals surface area contributed by atoms with E-state index in [1.54, 1.807) is 56.3 Å². The van der Waals surface area contributed by atoms with Crippen molar-refractivity contribution < 1.29 is 17.7 Å². The molecular formula is C24H23N7O4S. The van der Waals surface area contributed by atoms with Crippen LogP contribution in [-0.4, -0.2) is 40.7 Å². The number of carbonyl (C=O) groups excluding carboxylic acids is 1. The van der Waals surface area contributed by atoms with Crippen LogP contribution in [0.1, 0.15) is 24.2 Å². The van der Waals surface area contributed by atoms with Crippen LogP contribution < -0.4 is 17.2 Å². The first-order valence-corrected chi connectivity index (χ1v) is 12.3. The molecule has 184 valence electrons. The summed E-state index contributed by atoms with van der Waals surface area (Å²) in [5.41, 5.74) is 19.4. The van der Waals surface area contributed by atoms with Gasteiger partial charge < -0.3 is 21.7 Å². The maximum atomic E-state index is 12.4. The molecule has 0 radical (unpaired) electrons. The zero-order chi connectivity index (χ0) is 26.0. The lowest BCUT2D eigenvalue weighted by Crippen LogP contribution is -2.24. The van der Waals surface area contributed by atoms with Crippen LogP contribution in [0.3, 0.4) is 0 Å². The van der Waals surface area contributed by atoms with E-state index in [0.717, 1.165) is 0 Å². The Bertz CT molecular complexity index is 1560. The van der Waals surface area contributed by atoms with Crippen LogP contribution in [0, 0.1) is 0 Å². The Kier molecular flexibility index (Phi) is 6.53. The van der Waals surface area contributed by atoms with Gasteiger partial charge in [-0.3, -0.25) is 4.79 Å². The second-order valence-electron chi connectivity index (χ2n) is 8.10. The number of anilines is 1. The van der Waals surface area contributed by atoms with Gasteiger partial charge in [0, 0.05) is 22.8 Å². The Balaban J connectivity index is 1.61. The molecule has 11 nitrogen and oxygen atoms in total. The van der Waals surface area contributed by atoms with Crippen LogP contribution in [0.4, 0.5) is 5.82 Å². The Labute approximate surface area is 207 Å². The number of nitrogens with zero attached hydrogens (tertiary/aromatic N) is 4. The third-order valence-electron chi connectivity index (χ3n) is 5.30. The van der Waals surface area contributed by atoms with Crippen molar-refractivity contribution in [2.45, 2.75) is 24.0 Å². The second kappa shape index (κ2) is 9.58. The summed E-state index contributed by atoms with van der Waals surface area (Å²) in [6, 6.07) is 14.5. The molecule has 4 aromatic rings. The third-order valence-corrected chi connectivity index (χ3v) is 7.47. The Morgan fingerprint density at radius 3 is 2.19 bits per heavy atom. The molecule has 0 spiro atoms. The number of hydrogen-bond donors (Lipinski definition) is 3. The van der Waals surface area contributed by atoms with E-state index in [9.17, 15) is 13.2 Å². The Morgan fingerprint density at radius 2 is 1.58 bits per heavy atom. The number of rotatable bonds is 6. The summed E-state index contributed by atoms with van der Waals surface area (Å²) in [4.78, 5) is 24.4. The lowest BCUT2D eigenvalue weighted by Gasteiger charge is -2.09. The Morgan fingerprint density at radius 1 is 0.972 bits per heavy atom. The number of nitrogens with two attached hydrogens (primary N) is 3. The van der Waals surface area contributed by atoms with Gasteiger partial charge in [0.1, 0.15) is 5.69 Å². The van der Waals surface area contributed by atoms with Crippen molar-refractivity contribution in [3.05, 3.63) is 66.4 Å². The first-order valence-electron chi connectivity index (χ1n) is 10.7. The minimum absolute atomic E-state index is 0.138. The van der Waals surface area contributed by atoms with E-state index in [4.69, 9.17) is 21.7 Å². The molecule has 2 aromatic heterocycles. The molecule has 0 fully saturated rings. The highest BCUT2D eigenvalue weighted by molar-refractivity contribution is 7.92. The summed E-state index contributed by atoms with van der Waals surface area (Å²) < 4.78 is 30.2. The molecule has 0 saturated carbocycles. The minimum Gasteiger partial charge on any atom is -0.382 e. The SMILES string of the molecule is CC(C)S(=O)(=O)c1ccc(-c2cnc(N)c(-c3cc(-c4ccc(C(=O)N=C(N)N)cc4)no3)n2)cc1. The molecule has 2 aromatic carbocycles. The monoisotopic (exact) mass is 505 g/mol. The number of guanidine groups is 1. The van der Waals surface area contributed by atoms with Gasteiger partial charge in [0.05, 0.1) is 22.0 Å². The number of sulfone groups is 1. The number of aliphatic imine (C=N–C) groups is 1. The van der Waals surface area contributed by atoms with Gasteiger partial charge in [-0.25, -0.2) is 18.4 Å². The van der Waals surface area contributed by atoms with Crippen molar-refractivity contribution in [3.8, 4) is 34.0 Å². The topological polar surface area (TPSA) is 193 Å². The van der Waals surface area contributed by atoms with Gasteiger partial charge in [-0.1, -0.05) is 29.4 Å². The van der Waals surface area contributed by atoms with Crippen molar-refractivity contribution >= 4 is 27.5 Å². The van der Waals surface area contributed by atoms with E-state index in [2.05, 4.69) is 20.1 Å². The van der Waals surface area contributed by atoms with Crippen LogP contribution in [0.25, 0.3) is 34.0 Å². The maximum Gasteiger partial charge on any atom is 0.280 e. The van der Waals surface area contributed by atoms with E-state index in [0.29, 0.717) is 28.1 Å². The standard InChI is InChI=1S/C24H23N7O4S/c1-13(2)36(33,34)17-9-7-15(8-10-17)19-12-28-22(25)21(29-19)20-11-18(31-35-20)14-3-5-16(6-4-14)23(32)30-24(26)27/h3-13H,1-2H3,(H2,25,28)(H4,26,27,30,32). The molecule has 1 amide bonds. The highest BCUT2D eigenvalue weighted by atomic mass is 32.2. The number of nitrogen functional groups attached to an aromatic ring is 1. The summed E-state index contributed by atoms with van der Waals surface area (Å²) in [6.45, 7) is 3.26. The van der Waals surface area contributed by atoms with E-state index < -0.39 is 21.0 Å². The number of benzene rings is 2. The van der Waals surface area contributed by atoms with Crippen LogP contribution >= 0.6 is 0 Å². The molecule has 0 aliphatic carbocycles. The first-order chi connectivity index (χ1) is 17.1. The van der Waals surface area contributed by atoms with Gasteiger partial charge >= 0.3 is 0 Å². The fourth-order valence-electron chi connectivity index (χ4n) is 3.29. The highest BCUT2D eigenvalue weighted by Gasteiger charge is 2.20. The van der Waals surface area contributed by atoms with Gasteiger partial charge in [-0.2, -0.15) is 4.99 Å². The van der Waals surface area contributed by atoms with Crippen molar-refractivity contribution in [1.82, 2.24) is 15.1 Å². The maximum absolute atomic E-state index is 12.4. The molecule has 4 rings (SSSR count). The molecular weight excluding hydrogens is 482 g/mol. The molecule has 0 aliphatic heterocycles. The summed E-state index contributed by atoms with van der Waals surface area (Å²) in [5, 5.41) is 3.54. The summed E-state index contributed by atoms with van der Waals surface area (Å²) in [5.74, 6) is -0.449. The molecule has 0 unspecified atom stereocenters. The van der Waals surface area contributed by atoms with Crippen LogP contribution in [0.2, 0.25) is 0 Å². The van der Waals surface area contributed by atoms with Crippen LogP contribution in [0.5, 0.6) is 0 Å². The second-order valence-corrected chi connectivity index (χ2v) is 10.6. The molecule has 36 heavy (non-hydrogen) atoms. The molecule has 0 bridgehead atoms. The quantitative estimate of drug-likeness (QED) is 0.259. The molecule has 0 saturated heterocycles. The summed E-state index contributed by atoms with van der Waals surface area (Å²) in [7, 11) is -3.39. The molecule has 0 aliphatic rings. The Hall–Kier alpha value is -4.58. The minimum atomic E-state index is -3.39. The van der Waals surface area contributed by atoms with Crippen LogP contribution in [0.15, 0.2) is 75.2 Å². The predicted molar refractivity (Wildman–Crippen MR) is 135 cm³/mol. The number of carbonyl (C=O) groups is 1. The van der Waals surface area contributed by atoms with E-state index in [1.165, 1.54) is 18.3 Å². The molecule has 2 heterocycles.